The molecule has 0 bridgehead atoms. The maximum atomic E-state index is 10.9. The second-order valence-corrected chi connectivity index (χ2v) is 6.17. The lowest BCUT2D eigenvalue weighted by Gasteiger charge is -2.09. The van der Waals surface area contributed by atoms with Crippen LogP contribution in [0.1, 0.15) is 17.5 Å². The minimum Gasteiger partial charge on any atom is -0.409 e. The zero-order chi connectivity index (χ0) is 15.0. The number of nitrogens with one attached hydrogen (secondary N) is 2. The quantitative estimate of drug-likeness (QED) is 0.174. The summed E-state index contributed by atoms with van der Waals surface area (Å²) in [6, 6.07) is 7.34. The predicted octanol–water partition coefficient (Wildman–Crippen LogP) is -0.190. The van der Waals surface area contributed by atoms with Gasteiger partial charge in [-0.25, -0.2) is 13.1 Å². The molecule has 1 aromatic rings. The summed E-state index contributed by atoms with van der Waals surface area (Å²) in [6.45, 7) is 1.62. The van der Waals surface area contributed by atoms with Gasteiger partial charge in [-0.3, -0.25) is 0 Å². The third-order valence-electron chi connectivity index (χ3n) is 2.61. The molecule has 0 unspecified atom stereocenters. The van der Waals surface area contributed by atoms with Crippen molar-refractivity contribution >= 4 is 15.9 Å². The standard InChI is InChI=1S/C12H20N4O3S/c1-20(18,19)15-8-4-7-14-9-10-5-2-3-6-11(10)12(13)16-17/h2-3,5-6,14-15,17H,4,7-9H2,1H3,(H2,13,16). The maximum absolute atomic E-state index is 10.9. The molecule has 0 spiro atoms. The Labute approximate surface area is 118 Å². The third kappa shape index (κ3) is 6.00. The van der Waals surface area contributed by atoms with Crippen LogP contribution in [0.2, 0.25) is 0 Å². The molecular formula is C12H20N4O3S. The average molecular weight is 300 g/mol. The van der Waals surface area contributed by atoms with Crippen LogP contribution in [0.4, 0.5) is 0 Å². The summed E-state index contributed by atoms with van der Waals surface area (Å²) < 4.78 is 24.1. The molecule has 20 heavy (non-hydrogen) atoms. The van der Waals surface area contributed by atoms with E-state index >= 15 is 0 Å². The fraction of sp³-hybridized carbons (Fsp3) is 0.417. The fourth-order valence-electron chi connectivity index (χ4n) is 1.67. The van der Waals surface area contributed by atoms with Crippen molar-refractivity contribution in [1.29, 1.82) is 0 Å². The van der Waals surface area contributed by atoms with Gasteiger partial charge in [0.05, 0.1) is 6.26 Å². The Kier molecular flexibility index (Phi) is 6.43. The predicted molar refractivity (Wildman–Crippen MR) is 78.1 cm³/mol. The Balaban J connectivity index is 2.39. The van der Waals surface area contributed by atoms with Crippen molar-refractivity contribution in [3.05, 3.63) is 35.4 Å². The van der Waals surface area contributed by atoms with Gasteiger partial charge in [0, 0.05) is 18.7 Å². The third-order valence-corrected chi connectivity index (χ3v) is 3.34. The highest BCUT2D eigenvalue weighted by Crippen LogP contribution is 2.07. The van der Waals surface area contributed by atoms with E-state index in [1.807, 2.05) is 18.2 Å². The van der Waals surface area contributed by atoms with Gasteiger partial charge in [0.25, 0.3) is 0 Å². The van der Waals surface area contributed by atoms with Crippen molar-refractivity contribution < 1.29 is 13.6 Å². The highest BCUT2D eigenvalue weighted by Gasteiger charge is 2.05. The molecule has 0 atom stereocenters. The largest absolute Gasteiger partial charge is 0.409 e. The number of nitrogens with zero attached hydrogens (tertiary/aromatic N) is 1. The molecule has 0 heterocycles. The van der Waals surface area contributed by atoms with E-state index in [4.69, 9.17) is 10.9 Å². The Morgan fingerprint density at radius 3 is 2.70 bits per heavy atom. The monoisotopic (exact) mass is 300 g/mol. The van der Waals surface area contributed by atoms with Crippen LogP contribution in [0, 0.1) is 0 Å². The zero-order valence-electron chi connectivity index (χ0n) is 11.3. The highest BCUT2D eigenvalue weighted by molar-refractivity contribution is 7.88. The molecular weight excluding hydrogens is 280 g/mol. The van der Waals surface area contributed by atoms with Gasteiger partial charge in [-0.15, -0.1) is 0 Å². The van der Waals surface area contributed by atoms with Crippen molar-refractivity contribution in [3.63, 3.8) is 0 Å². The molecule has 0 fully saturated rings. The number of benzene rings is 1. The van der Waals surface area contributed by atoms with Crippen LogP contribution in [0.3, 0.4) is 0 Å². The molecule has 0 aliphatic heterocycles. The van der Waals surface area contributed by atoms with Crippen molar-refractivity contribution in [1.82, 2.24) is 10.0 Å². The lowest BCUT2D eigenvalue weighted by molar-refractivity contribution is 0.318. The van der Waals surface area contributed by atoms with Crippen LogP contribution < -0.4 is 15.8 Å². The second-order valence-electron chi connectivity index (χ2n) is 4.34. The van der Waals surface area contributed by atoms with Crippen LogP contribution in [-0.2, 0) is 16.6 Å². The van der Waals surface area contributed by atoms with E-state index in [0.29, 0.717) is 31.6 Å². The lowest BCUT2D eigenvalue weighted by Crippen LogP contribution is -2.26. The maximum Gasteiger partial charge on any atom is 0.208 e. The first-order valence-corrected chi connectivity index (χ1v) is 8.04. The summed E-state index contributed by atoms with van der Waals surface area (Å²) in [4.78, 5) is 0. The van der Waals surface area contributed by atoms with E-state index < -0.39 is 10.0 Å². The first-order chi connectivity index (χ1) is 9.44. The van der Waals surface area contributed by atoms with Crippen LogP contribution in [0.15, 0.2) is 29.4 Å². The van der Waals surface area contributed by atoms with Gasteiger partial charge in [-0.2, -0.15) is 0 Å². The van der Waals surface area contributed by atoms with E-state index in [1.54, 1.807) is 6.07 Å². The smallest absolute Gasteiger partial charge is 0.208 e. The molecule has 0 aliphatic rings. The molecule has 1 aromatic carbocycles. The van der Waals surface area contributed by atoms with Gasteiger partial charge in [0.15, 0.2) is 5.84 Å². The Morgan fingerprint density at radius 1 is 1.35 bits per heavy atom. The summed E-state index contributed by atoms with van der Waals surface area (Å²) >= 11 is 0. The number of oxime groups is 1. The minimum atomic E-state index is -3.12. The first kappa shape index (κ1) is 16.4. The summed E-state index contributed by atoms with van der Waals surface area (Å²) in [7, 11) is -3.12. The molecule has 5 N–H and O–H groups in total. The van der Waals surface area contributed by atoms with Crippen molar-refractivity contribution in [2.24, 2.45) is 10.9 Å². The van der Waals surface area contributed by atoms with Gasteiger partial charge < -0.3 is 16.3 Å². The van der Waals surface area contributed by atoms with E-state index in [1.165, 1.54) is 0 Å². The molecule has 0 saturated carbocycles. The number of hydrogen-bond acceptors (Lipinski definition) is 5. The molecule has 0 saturated heterocycles. The Hall–Kier alpha value is -1.64. The summed E-state index contributed by atoms with van der Waals surface area (Å²) in [5.41, 5.74) is 7.18. The summed E-state index contributed by atoms with van der Waals surface area (Å²) in [5, 5.41) is 14.9. The van der Waals surface area contributed by atoms with Crippen molar-refractivity contribution in [2.45, 2.75) is 13.0 Å². The highest BCUT2D eigenvalue weighted by atomic mass is 32.2. The number of hydrogen-bond donors (Lipinski definition) is 4. The summed E-state index contributed by atoms with van der Waals surface area (Å²) in [5.74, 6) is 0.0705. The van der Waals surface area contributed by atoms with Gasteiger partial charge in [-0.1, -0.05) is 29.4 Å². The lowest BCUT2D eigenvalue weighted by atomic mass is 10.1. The number of nitrogens with two attached hydrogens (primary N) is 1. The topological polar surface area (TPSA) is 117 Å². The molecule has 0 aromatic heterocycles. The van der Waals surface area contributed by atoms with Crippen molar-refractivity contribution in [3.8, 4) is 0 Å². The molecule has 0 aliphatic carbocycles. The van der Waals surface area contributed by atoms with E-state index in [-0.39, 0.29) is 5.84 Å². The van der Waals surface area contributed by atoms with E-state index in [2.05, 4.69) is 15.2 Å². The van der Waals surface area contributed by atoms with Crippen LogP contribution >= 0.6 is 0 Å². The first-order valence-electron chi connectivity index (χ1n) is 6.15. The molecule has 8 heteroatoms. The average Bonchev–Trinajstić information content (AvgIpc) is 2.41. The molecule has 112 valence electrons. The zero-order valence-corrected chi connectivity index (χ0v) is 12.2. The van der Waals surface area contributed by atoms with Crippen LogP contribution in [0.25, 0.3) is 0 Å². The normalized spacial score (nSPS) is 12.6. The van der Waals surface area contributed by atoms with E-state index in [0.717, 1.165) is 11.8 Å². The van der Waals surface area contributed by atoms with Crippen LogP contribution in [-0.4, -0.2) is 38.8 Å². The van der Waals surface area contributed by atoms with Gasteiger partial charge in [0.2, 0.25) is 10.0 Å². The van der Waals surface area contributed by atoms with Gasteiger partial charge in [-0.05, 0) is 18.5 Å². The second kappa shape index (κ2) is 7.83. The summed E-state index contributed by atoms with van der Waals surface area (Å²) in [6.07, 6.45) is 1.81. The number of rotatable bonds is 8. The van der Waals surface area contributed by atoms with Gasteiger partial charge in [0.1, 0.15) is 0 Å². The molecule has 1 rings (SSSR count). The van der Waals surface area contributed by atoms with E-state index in [9.17, 15) is 8.42 Å². The Morgan fingerprint density at radius 2 is 2.05 bits per heavy atom. The fourth-order valence-corrected chi connectivity index (χ4v) is 2.19. The number of amidine groups is 1. The number of sulfonamides is 1. The molecule has 7 nitrogen and oxygen atoms in total. The Bertz CT molecular complexity index is 558. The van der Waals surface area contributed by atoms with Crippen LogP contribution in [0.5, 0.6) is 0 Å². The van der Waals surface area contributed by atoms with Crippen molar-refractivity contribution in [2.75, 3.05) is 19.3 Å². The molecule has 0 amide bonds. The SMILES string of the molecule is CS(=O)(=O)NCCCNCc1ccccc1/C(N)=N/O. The van der Waals surface area contributed by atoms with Gasteiger partial charge >= 0.3 is 0 Å². The minimum absolute atomic E-state index is 0.0705. The molecule has 0 radical (unpaired) electrons.